The van der Waals surface area contributed by atoms with E-state index < -0.39 is 0 Å². The molecule has 0 aliphatic carbocycles. The normalized spacial score (nSPS) is 25.1. The smallest absolute Gasteiger partial charge is 0.273 e. The van der Waals surface area contributed by atoms with E-state index in [0.717, 1.165) is 3.57 Å². The summed E-state index contributed by atoms with van der Waals surface area (Å²) in [5.74, 6) is 0.0383. The van der Waals surface area contributed by atoms with Crippen molar-refractivity contribution in [3.05, 3.63) is 15.5 Å². The molecule has 0 radical (unpaired) electrons. The first-order chi connectivity index (χ1) is 7.99. The van der Waals surface area contributed by atoms with Crippen LogP contribution in [0.1, 0.15) is 24.3 Å². The number of rotatable bonds is 1. The van der Waals surface area contributed by atoms with Gasteiger partial charge in [-0.2, -0.15) is 5.10 Å². The van der Waals surface area contributed by atoms with Crippen LogP contribution < -0.4 is 0 Å². The Morgan fingerprint density at radius 1 is 1.47 bits per heavy atom. The van der Waals surface area contributed by atoms with Gasteiger partial charge < -0.3 is 9.64 Å². The fraction of sp³-hybridized carbons (Fsp3) is 0.636. The van der Waals surface area contributed by atoms with E-state index in [2.05, 4.69) is 27.7 Å². The molecule has 1 amide bonds. The van der Waals surface area contributed by atoms with Gasteiger partial charge in [-0.1, -0.05) is 0 Å². The summed E-state index contributed by atoms with van der Waals surface area (Å²) in [7, 11) is 1.79. The van der Waals surface area contributed by atoms with Gasteiger partial charge in [0.25, 0.3) is 5.91 Å². The molecule has 0 N–H and O–H groups in total. The van der Waals surface area contributed by atoms with Crippen molar-refractivity contribution in [3.8, 4) is 0 Å². The molecule has 2 unspecified atom stereocenters. The molecule has 0 bridgehead atoms. The minimum atomic E-state index is 0.0383. The van der Waals surface area contributed by atoms with E-state index in [1.807, 2.05) is 18.7 Å². The molecule has 94 valence electrons. The third-order valence-electron chi connectivity index (χ3n) is 2.80. The number of halogens is 1. The number of carbonyl (C=O) groups is 1. The number of carbonyl (C=O) groups excluding carboxylic acids is 1. The first kappa shape index (κ1) is 12.8. The zero-order chi connectivity index (χ0) is 12.6. The zero-order valence-electron chi connectivity index (χ0n) is 10.2. The van der Waals surface area contributed by atoms with E-state index in [1.54, 1.807) is 17.9 Å². The fourth-order valence-electron chi connectivity index (χ4n) is 2.14. The van der Waals surface area contributed by atoms with Gasteiger partial charge in [-0.25, -0.2) is 0 Å². The van der Waals surface area contributed by atoms with Crippen LogP contribution in [0.15, 0.2) is 6.20 Å². The van der Waals surface area contributed by atoms with E-state index in [9.17, 15) is 4.79 Å². The Morgan fingerprint density at radius 3 is 2.53 bits per heavy atom. The van der Waals surface area contributed by atoms with Crippen LogP contribution >= 0.6 is 22.6 Å². The van der Waals surface area contributed by atoms with Gasteiger partial charge in [0.05, 0.1) is 22.0 Å². The summed E-state index contributed by atoms with van der Waals surface area (Å²) in [5.41, 5.74) is 0.659. The topological polar surface area (TPSA) is 47.4 Å². The van der Waals surface area contributed by atoms with Gasteiger partial charge >= 0.3 is 0 Å². The Balaban J connectivity index is 2.20. The van der Waals surface area contributed by atoms with Crippen molar-refractivity contribution in [1.82, 2.24) is 14.7 Å². The molecule has 1 aromatic heterocycles. The number of hydrogen-bond acceptors (Lipinski definition) is 3. The van der Waals surface area contributed by atoms with Crippen LogP contribution in [-0.2, 0) is 11.8 Å². The van der Waals surface area contributed by atoms with E-state index in [0.29, 0.717) is 18.8 Å². The first-order valence-corrected chi connectivity index (χ1v) is 6.69. The van der Waals surface area contributed by atoms with Crippen molar-refractivity contribution in [1.29, 1.82) is 0 Å². The Hall–Kier alpha value is -0.630. The number of aromatic nitrogens is 2. The van der Waals surface area contributed by atoms with E-state index >= 15 is 0 Å². The van der Waals surface area contributed by atoms with Crippen LogP contribution in [0.25, 0.3) is 0 Å². The van der Waals surface area contributed by atoms with Crippen LogP contribution in [0.5, 0.6) is 0 Å². The van der Waals surface area contributed by atoms with Gasteiger partial charge in [0.2, 0.25) is 0 Å². The van der Waals surface area contributed by atoms with Crippen LogP contribution in [0, 0.1) is 3.57 Å². The second kappa shape index (κ2) is 4.93. The quantitative estimate of drug-likeness (QED) is 0.718. The largest absolute Gasteiger partial charge is 0.372 e. The molecule has 1 fully saturated rings. The van der Waals surface area contributed by atoms with Crippen molar-refractivity contribution in [2.24, 2.45) is 7.05 Å². The molecule has 2 atom stereocenters. The van der Waals surface area contributed by atoms with Gasteiger partial charge in [0, 0.05) is 20.1 Å². The Kier molecular flexibility index (Phi) is 3.72. The highest BCUT2D eigenvalue weighted by molar-refractivity contribution is 14.1. The van der Waals surface area contributed by atoms with Crippen molar-refractivity contribution < 1.29 is 9.53 Å². The Morgan fingerprint density at radius 2 is 2.06 bits per heavy atom. The lowest BCUT2D eigenvalue weighted by Gasteiger charge is -2.35. The zero-order valence-corrected chi connectivity index (χ0v) is 12.3. The maximum Gasteiger partial charge on any atom is 0.273 e. The standard InChI is InChI=1S/C11H16IN3O2/c1-7-5-15(6-8(2)17-7)11(16)10-9(12)4-13-14(10)3/h4,7-8H,5-6H2,1-3H3. The maximum atomic E-state index is 12.4. The summed E-state index contributed by atoms with van der Waals surface area (Å²) in [6, 6.07) is 0. The highest BCUT2D eigenvalue weighted by Gasteiger charge is 2.29. The van der Waals surface area contributed by atoms with E-state index in [-0.39, 0.29) is 18.1 Å². The predicted molar refractivity (Wildman–Crippen MR) is 71.8 cm³/mol. The lowest BCUT2D eigenvalue weighted by atomic mass is 10.2. The second-order valence-electron chi connectivity index (χ2n) is 4.43. The van der Waals surface area contributed by atoms with Gasteiger partial charge in [-0.15, -0.1) is 0 Å². The number of hydrogen-bond donors (Lipinski definition) is 0. The summed E-state index contributed by atoms with van der Waals surface area (Å²) in [6.45, 7) is 5.27. The highest BCUT2D eigenvalue weighted by atomic mass is 127. The molecule has 6 heteroatoms. The fourth-order valence-corrected chi connectivity index (χ4v) is 2.85. The predicted octanol–water partition coefficient (Wildman–Crippen LogP) is 1.27. The van der Waals surface area contributed by atoms with E-state index in [4.69, 9.17) is 4.74 Å². The molecule has 2 rings (SSSR count). The third-order valence-corrected chi connectivity index (χ3v) is 3.59. The average Bonchev–Trinajstić information content (AvgIpc) is 2.56. The SMILES string of the molecule is CC1CN(C(=O)c2c(I)cnn2C)CC(C)O1. The lowest BCUT2D eigenvalue weighted by Crippen LogP contribution is -2.48. The summed E-state index contributed by atoms with van der Waals surface area (Å²) < 4.78 is 8.15. The number of morpholine rings is 1. The van der Waals surface area contributed by atoms with Crippen LogP contribution in [-0.4, -0.2) is 45.9 Å². The van der Waals surface area contributed by atoms with Crippen molar-refractivity contribution in [2.45, 2.75) is 26.1 Å². The average molecular weight is 349 g/mol. The first-order valence-electron chi connectivity index (χ1n) is 5.61. The molecule has 0 aromatic carbocycles. The van der Waals surface area contributed by atoms with E-state index in [1.165, 1.54) is 0 Å². The molecule has 1 aliphatic heterocycles. The molecular weight excluding hydrogens is 333 g/mol. The molecule has 2 heterocycles. The lowest BCUT2D eigenvalue weighted by molar-refractivity contribution is -0.0588. The minimum Gasteiger partial charge on any atom is -0.372 e. The van der Waals surface area contributed by atoms with Crippen molar-refractivity contribution in [2.75, 3.05) is 13.1 Å². The van der Waals surface area contributed by atoms with Gasteiger partial charge in [-0.3, -0.25) is 9.48 Å². The van der Waals surface area contributed by atoms with Crippen LogP contribution in [0.2, 0.25) is 0 Å². The number of nitrogens with zero attached hydrogens (tertiary/aromatic N) is 3. The molecule has 0 saturated carbocycles. The van der Waals surface area contributed by atoms with Crippen LogP contribution in [0.3, 0.4) is 0 Å². The minimum absolute atomic E-state index is 0.0383. The maximum absolute atomic E-state index is 12.4. The molecule has 0 spiro atoms. The Labute approximate surface area is 114 Å². The summed E-state index contributed by atoms with van der Waals surface area (Å²) in [6.07, 6.45) is 1.89. The number of aryl methyl sites for hydroxylation is 1. The molecule has 5 nitrogen and oxygen atoms in total. The molecular formula is C11H16IN3O2. The summed E-state index contributed by atoms with van der Waals surface area (Å²) in [4.78, 5) is 14.2. The number of amides is 1. The van der Waals surface area contributed by atoms with Gasteiger partial charge in [-0.05, 0) is 36.4 Å². The van der Waals surface area contributed by atoms with Gasteiger partial charge in [0.15, 0.2) is 0 Å². The highest BCUT2D eigenvalue weighted by Crippen LogP contribution is 2.17. The van der Waals surface area contributed by atoms with Crippen molar-refractivity contribution >= 4 is 28.5 Å². The third kappa shape index (κ3) is 2.62. The molecule has 1 aliphatic rings. The summed E-state index contributed by atoms with van der Waals surface area (Å²) >= 11 is 2.14. The monoisotopic (exact) mass is 349 g/mol. The molecule has 17 heavy (non-hydrogen) atoms. The Bertz CT molecular complexity index is 403. The molecule has 1 aromatic rings. The number of ether oxygens (including phenoxy) is 1. The van der Waals surface area contributed by atoms with Crippen LogP contribution in [0.4, 0.5) is 0 Å². The van der Waals surface area contributed by atoms with Gasteiger partial charge in [0.1, 0.15) is 5.69 Å². The molecule has 1 saturated heterocycles. The summed E-state index contributed by atoms with van der Waals surface area (Å²) in [5, 5.41) is 4.10. The second-order valence-corrected chi connectivity index (χ2v) is 5.59. The van der Waals surface area contributed by atoms with Crippen molar-refractivity contribution in [3.63, 3.8) is 0 Å².